The van der Waals surface area contributed by atoms with Gasteiger partial charge in [0.15, 0.2) is 0 Å². The molecule has 0 saturated carbocycles. The number of hydrogen-bond acceptors (Lipinski definition) is 5. The SMILES string of the molecule is O=c1cc(N2CCNCC2)cnn1CCCn1cccn1. The van der Waals surface area contributed by atoms with Gasteiger partial charge in [-0.25, -0.2) is 4.68 Å². The molecule has 1 saturated heterocycles. The van der Waals surface area contributed by atoms with Crippen molar-refractivity contribution in [3.8, 4) is 0 Å². The van der Waals surface area contributed by atoms with Crippen LogP contribution in [0.2, 0.25) is 0 Å². The van der Waals surface area contributed by atoms with Gasteiger partial charge in [0.2, 0.25) is 0 Å². The Morgan fingerprint density at radius 1 is 1.19 bits per heavy atom. The highest BCUT2D eigenvalue weighted by Gasteiger charge is 2.11. The Kier molecular flexibility index (Phi) is 4.30. The molecule has 3 rings (SSSR count). The van der Waals surface area contributed by atoms with Gasteiger partial charge in [0.1, 0.15) is 0 Å². The number of anilines is 1. The van der Waals surface area contributed by atoms with Gasteiger partial charge in [-0.15, -0.1) is 0 Å². The van der Waals surface area contributed by atoms with Gasteiger partial charge in [-0.3, -0.25) is 9.48 Å². The summed E-state index contributed by atoms with van der Waals surface area (Å²) < 4.78 is 3.38. The predicted octanol–water partition coefficient (Wildman–Crippen LogP) is -0.0603. The van der Waals surface area contributed by atoms with Crippen LogP contribution in [0.25, 0.3) is 0 Å². The molecule has 1 aliphatic rings. The minimum absolute atomic E-state index is 0.0357. The molecule has 3 heterocycles. The van der Waals surface area contributed by atoms with Crippen molar-refractivity contribution in [2.45, 2.75) is 19.5 Å². The molecule has 2 aromatic rings. The first-order chi connectivity index (χ1) is 10.3. The van der Waals surface area contributed by atoms with E-state index in [0.717, 1.165) is 44.8 Å². The van der Waals surface area contributed by atoms with Gasteiger partial charge in [-0.1, -0.05) is 0 Å². The van der Waals surface area contributed by atoms with Gasteiger partial charge in [0, 0.05) is 57.7 Å². The summed E-state index contributed by atoms with van der Waals surface area (Å²) in [4.78, 5) is 14.3. The molecule has 0 aliphatic carbocycles. The summed E-state index contributed by atoms with van der Waals surface area (Å²) in [6, 6.07) is 3.58. The van der Waals surface area contributed by atoms with E-state index in [1.54, 1.807) is 18.5 Å². The van der Waals surface area contributed by atoms with Crippen LogP contribution in [0.3, 0.4) is 0 Å². The van der Waals surface area contributed by atoms with E-state index in [9.17, 15) is 4.79 Å². The van der Waals surface area contributed by atoms with Crippen molar-refractivity contribution in [3.05, 3.63) is 41.1 Å². The Labute approximate surface area is 123 Å². The smallest absolute Gasteiger partial charge is 0.268 e. The number of piperazine rings is 1. The molecule has 112 valence electrons. The molecule has 7 nitrogen and oxygen atoms in total. The highest BCUT2D eigenvalue weighted by Crippen LogP contribution is 2.09. The lowest BCUT2D eigenvalue weighted by molar-refractivity contribution is 0.485. The van der Waals surface area contributed by atoms with E-state index in [2.05, 4.69) is 20.4 Å². The van der Waals surface area contributed by atoms with E-state index < -0.39 is 0 Å². The number of nitrogens with zero attached hydrogens (tertiary/aromatic N) is 5. The van der Waals surface area contributed by atoms with E-state index >= 15 is 0 Å². The second kappa shape index (κ2) is 6.53. The quantitative estimate of drug-likeness (QED) is 0.835. The third kappa shape index (κ3) is 3.49. The van der Waals surface area contributed by atoms with Crippen LogP contribution in [-0.4, -0.2) is 45.7 Å². The summed E-state index contributed by atoms with van der Waals surface area (Å²) in [6.07, 6.45) is 6.30. The molecule has 0 amide bonds. The summed E-state index contributed by atoms with van der Waals surface area (Å²) >= 11 is 0. The minimum atomic E-state index is -0.0357. The van der Waals surface area contributed by atoms with Gasteiger partial charge in [-0.2, -0.15) is 10.2 Å². The Morgan fingerprint density at radius 3 is 2.76 bits per heavy atom. The first kappa shape index (κ1) is 13.8. The van der Waals surface area contributed by atoms with Gasteiger partial charge in [0.05, 0.1) is 11.9 Å². The standard InChI is InChI=1S/C14H20N6O/c21-14-11-13(18-9-4-15-5-10-18)12-17-20(14)8-2-7-19-6-1-3-16-19/h1,3,6,11-12,15H,2,4-5,7-10H2. The van der Waals surface area contributed by atoms with Crippen LogP contribution >= 0.6 is 0 Å². The van der Waals surface area contributed by atoms with Crippen LogP contribution in [-0.2, 0) is 13.1 Å². The minimum Gasteiger partial charge on any atom is -0.368 e. The summed E-state index contributed by atoms with van der Waals surface area (Å²) in [5, 5.41) is 11.7. The van der Waals surface area contributed by atoms with E-state index in [1.807, 2.05) is 16.9 Å². The van der Waals surface area contributed by atoms with Crippen LogP contribution in [0.15, 0.2) is 35.5 Å². The third-order valence-electron chi connectivity index (χ3n) is 3.65. The Balaban J connectivity index is 1.60. The maximum atomic E-state index is 12.1. The van der Waals surface area contributed by atoms with E-state index in [0.29, 0.717) is 6.54 Å². The fourth-order valence-electron chi connectivity index (χ4n) is 2.50. The van der Waals surface area contributed by atoms with Crippen molar-refractivity contribution < 1.29 is 0 Å². The molecule has 0 spiro atoms. The highest BCUT2D eigenvalue weighted by molar-refractivity contribution is 5.43. The zero-order valence-corrected chi connectivity index (χ0v) is 12.0. The molecule has 0 aromatic carbocycles. The van der Waals surface area contributed by atoms with Gasteiger partial charge >= 0.3 is 0 Å². The number of hydrogen-bond donors (Lipinski definition) is 1. The lowest BCUT2D eigenvalue weighted by Gasteiger charge is -2.28. The summed E-state index contributed by atoms with van der Waals surface area (Å²) in [5.74, 6) is 0. The van der Waals surface area contributed by atoms with Crippen molar-refractivity contribution in [3.63, 3.8) is 0 Å². The van der Waals surface area contributed by atoms with Gasteiger partial charge in [-0.05, 0) is 12.5 Å². The maximum absolute atomic E-state index is 12.1. The second-order valence-corrected chi connectivity index (χ2v) is 5.13. The Bertz CT molecular complexity index is 615. The molecular weight excluding hydrogens is 268 g/mol. The maximum Gasteiger partial charge on any atom is 0.268 e. The third-order valence-corrected chi connectivity index (χ3v) is 3.65. The van der Waals surface area contributed by atoms with Crippen LogP contribution < -0.4 is 15.8 Å². The average Bonchev–Trinajstić information content (AvgIpc) is 3.03. The number of rotatable bonds is 5. The van der Waals surface area contributed by atoms with Crippen molar-refractivity contribution in [2.75, 3.05) is 31.1 Å². The summed E-state index contributed by atoms with van der Waals surface area (Å²) in [6.45, 7) is 5.15. The molecule has 0 unspecified atom stereocenters. The lowest BCUT2D eigenvalue weighted by atomic mass is 10.3. The summed E-state index contributed by atoms with van der Waals surface area (Å²) in [7, 11) is 0. The van der Waals surface area contributed by atoms with Crippen molar-refractivity contribution in [1.29, 1.82) is 0 Å². The fourth-order valence-corrected chi connectivity index (χ4v) is 2.50. The molecule has 0 atom stereocenters. The zero-order valence-electron chi connectivity index (χ0n) is 12.0. The zero-order chi connectivity index (χ0) is 14.5. The van der Waals surface area contributed by atoms with Crippen LogP contribution in [0.1, 0.15) is 6.42 Å². The second-order valence-electron chi connectivity index (χ2n) is 5.13. The van der Waals surface area contributed by atoms with Crippen molar-refractivity contribution in [1.82, 2.24) is 24.9 Å². The largest absolute Gasteiger partial charge is 0.368 e. The first-order valence-electron chi connectivity index (χ1n) is 7.33. The van der Waals surface area contributed by atoms with E-state index in [1.165, 1.54) is 4.68 Å². The first-order valence-corrected chi connectivity index (χ1v) is 7.33. The van der Waals surface area contributed by atoms with Crippen LogP contribution in [0.5, 0.6) is 0 Å². The molecule has 21 heavy (non-hydrogen) atoms. The molecule has 0 bridgehead atoms. The topological polar surface area (TPSA) is 68.0 Å². The normalized spacial score (nSPS) is 15.3. The number of nitrogens with one attached hydrogen (secondary N) is 1. The Morgan fingerprint density at radius 2 is 2.05 bits per heavy atom. The van der Waals surface area contributed by atoms with Crippen molar-refractivity contribution >= 4 is 5.69 Å². The highest BCUT2D eigenvalue weighted by atomic mass is 16.1. The lowest BCUT2D eigenvalue weighted by Crippen LogP contribution is -2.44. The number of aromatic nitrogens is 4. The van der Waals surface area contributed by atoms with Gasteiger partial charge < -0.3 is 10.2 Å². The molecule has 1 aliphatic heterocycles. The fraction of sp³-hybridized carbons (Fsp3) is 0.500. The van der Waals surface area contributed by atoms with Crippen molar-refractivity contribution in [2.24, 2.45) is 0 Å². The van der Waals surface area contributed by atoms with E-state index in [-0.39, 0.29) is 5.56 Å². The molecule has 7 heteroatoms. The number of aryl methyl sites for hydroxylation is 2. The average molecular weight is 288 g/mol. The monoisotopic (exact) mass is 288 g/mol. The molecule has 1 fully saturated rings. The molecule has 2 aromatic heterocycles. The molecule has 1 N–H and O–H groups in total. The molecular formula is C14H20N6O. The molecule has 0 radical (unpaired) electrons. The Hall–Kier alpha value is -2.15. The van der Waals surface area contributed by atoms with Gasteiger partial charge in [0.25, 0.3) is 5.56 Å². The van der Waals surface area contributed by atoms with E-state index in [4.69, 9.17) is 0 Å². The predicted molar refractivity (Wildman–Crippen MR) is 80.4 cm³/mol. The van der Waals surface area contributed by atoms with Crippen LogP contribution in [0.4, 0.5) is 5.69 Å². The summed E-state index contributed by atoms with van der Waals surface area (Å²) in [5.41, 5.74) is 0.885. The van der Waals surface area contributed by atoms with Crippen LogP contribution in [0, 0.1) is 0 Å².